The number of para-hydroxylation sites is 1. The SMILES string of the molecule is Cc1ccccc1Nc1ncc(C)c(-c2c[nH]c(C(=O)N[C@H](CO)c3cccc(Cl)c3)c2)n1. The molecule has 7 nitrogen and oxygen atoms in total. The highest BCUT2D eigenvalue weighted by molar-refractivity contribution is 6.30. The number of anilines is 2. The predicted octanol–water partition coefficient (Wildman–Crippen LogP) is 4.95. The van der Waals surface area contributed by atoms with E-state index < -0.39 is 6.04 Å². The lowest BCUT2D eigenvalue weighted by Crippen LogP contribution is -2.31. The fourth-order valence-electron chi connectivity index (χ4n) is 3.48. The Morgan fingerprint density at radius 3 is 2.70 bits per heavy atom. The first-order chi connectivity index (χ1) is 15.9. The van der Waals surface area contributed by atoms with Crippen molar-refractivity contribution >= 4 is 29.1 Å². The number of aromatic amines is 1. The summed E-state index contributed by atoms with van der Waals surface area (Å²) in [6.45, 7) is 3.68. The van der Waals surface area contributed by atoms with Gasteiger partial charge in [0.05, 0.1) is 18.3 Å². The second kappa shape index (κ2) is 9.85. The summed E-state index contributed by atoms with van der Waals surface area (Å²) in [5.41, 5.74) is 5.45. The van der Waals surface area contributed by atoms with Crippen LogP contribution >= 0.6 is 11.6 Å². The zero-order valence-electron chi connectivity index (χ0n) is 18.3. The van der Waals surface area contributed by atoms with Crippen LogP contribution in [0.4, 0.5) is 11.6 Å². The van der Waals surface area contributed by atoms with Crippen LogP contribution in [0.1, 0.15) is 33.2 Å². The third-order valence-electron chi connectivity index (χ3n) is 5.30. The molecule has 1 atom stereocenters. The Labute approximate surface area is 196 Å². The Morgan fingerprint density at radius 1 is 1.12 bits per heavy atom. The number of nitrogens with one attached hydrogen (secondary N) is 3. The number of aryl methyl sites for hydroxylation is 2. The number of H-pyrrole nitrogens is 1. The molecule has 0 spiro atoms. The van der Waals surface area contributed by atoms with Crippen molar-refractivity contribution in [2.24, 2.45) is 0 Å². The van der Waals surface area contributed by atoms with Gasteiger partial charge in [0.2, 0.25) is 5.95 Å². The monoisotopic (exact) mass is 461 g/mol. The van der Waals surface area contributed by atoms with Gasteiger partial charge in [0.15, 0.2) is 0 Å². The number of amides is 1. The van der Waals surface area contributed by atoms with Crippen LogP contribution in [0.2, 0.25) is 5.02 Å². The maximum atomic E-state index is 12.8. The van der Waals surface area contributed by atoms with Crippen LogP contribution < -0.4 is 10.6 Å². The molecule has 0 fully saturated rings. The average Bonchev–Trinajstić information content (AvgIpc) is 3.30. The zero-order valence-corrected chi connectivity index (χ0v) is 19.0. The van der Waals surface area contributed by atoms with E-state index in [1.807, 2.05) is 38.1 Å². The molecule has 2 aromatic heterocycles. The Morgan fingerprint density at radius 2 is 1.94 bits per heavy atom. The van der Waals surface area contributed by atoms with E-state index in [4.69, 9.17) is 11.6 Å². The summed E-state index contributed by atoms with van der Waals surface area (Å²) in [4.78, 5) is 24.9. The number of hydrogen-bond acceptors (Lipinski definition) is 5. The first kappa shape index (κ1) is 22.5. The Balaban J connectivity index is 1.54. The van der Waals surface area contributed by atoms with Crippen LogP contribution in [-0.4, -0.2) is 32.6 Å². The number of hydrogen-bond donors (Lipinski definition) is 4. The molecule has 33 heavy (non-hydrogen) atoms. The summed E-state index contributed by atoms with van der Waals surface area (Å²) in [6, 6.07) is 16.1. The summed E-state index contributed by atoms with van der Waals surface area (Å²) in [5, 5.41) is 16.4. The maximum Gasteiger partial charge on any atom is 0.268 e. The van der Waals surface area contributed by atoms with Crippen molar-refractivity contribution in [3.05, 3.63) is 94.4 Å². The molecule has 8 heteroatoms. The summed E-state index contributed by atoms with van der Waals surface area (Å²) in [5.74, 6) is 0.128. The van der Waals surface area contributed by atoms with E-state index in [2.05, 4.69) is 25.6 Å². The van der Waals surface area contributed by atoms with E-state index in [0.717, 1.165) is 27.9 Å². The molecule has 4 N–H and O–H groups in total. The molecule has 4 aromatic rings. The number of aromatic nitrogens is 3. The van der Waals surface area contributed by atoms with Crippen LogP contribution in [0, 0.1) is 13.8 Å². The van der Waals surface area contributed by atoms with Gasteiger partial charge in [0.25, 0.3) is 5.91 Å². The van der Waals surface area contributed by atoms with Gasteiger partial charge in [-0.2, -0.15) is 0 Å². The number of carbonyl (C=O) groups is 1. The molecular weight excluding hydrogens is 438 g/mol. The highest BCUT2D eigenvalue weighted by Gasteiger charge is 2.18. The molecule has 2 heterocycles. The van der Waals surface area contributed by atoms with Gasteiger partial charge in [0, 0.05) is 28.7 Å². The Bertz CT molecular complexity index is 1290. The van der Waals surface area contributed by atoms with Crippen LogP contribution in [0.3, 0.4) is 0 Å². The number of carbonyl (C=O) groups excluding carboxylic acids is 1. The highest BCUT2D eigenvalue weighted by Crippen LogP contribution is 2.25. The van der Waals surface area contributed by atoms with E-state index >= 15 is 0 Å². The van der Waals surface area contributed by atoms with E-state index in [-0.39, 0.29) is 12.5 Å². The number of aliphatic hydroxyl groups is 1. The van der Waals surface area contributed by atoms with E-state index in [0.29, 0.717) is 22.4 Å². The summed E-state index contributed by atoms with van der Waals surface area (Å²) >= 11 is 6.04. The van der Waals surface area contributed by atoms with Gasteiger partial charge >= 0.3 is 0 Å². The van der Waals surface area contributed by atoms with Crippen LogP contribution in [0.15, 0.2) is 67.0 Å². The van der Waals surface area contributed by atoms with Crippen LogP contribution in [0.5, 0.6) is 0 Å². The molecule has 0 unspecified atom stereocenters. The van der Waals surface area contributed by atoms with Gasteiger partial charge in [-0.15, -0.1) is 0 Å². The lowest BCUT2D eigenvalue weighted by Gasteiger charge is -2.16. The van der Waals surface area contributed by atoms with Crippen molar-refractivity contribution in [2.45, 2.75) is 19.9 Å². The number of nitrogens with zero attached hydrogens (tertiary/aromatic N) is 2. The maximum absolute atomic E-state index is 12.8. The molecule has 168 valence electrons. The molecule has 4 rings (SSSR count). The Kier molecular flexibility index (Phi) is 6.72. The largest absolute Gasteiger partial charge is 0.394 e. The normalized spacial score (nSPS) is 11.8. The molecule has 1 amide bonds. The average molecular weight is 462 g/mol. The molecule has 0 bridgehead atoms. The zero-order chi connectivity index (χ0) is 23.4. The molecule has 0 radical (unpaired) electrons. The van der Waals surface area contributed by atoms with Gasteiger partial charge in [-0.1, -0.05) is 41.9 Å². The van der Waals surface area contributed by atoms with Crippen molar-refractivity contribution in [2.75, 3.05) is 11.9 Å². The van der Waals surface area contributed by atoms with Crippen molar-refractivity contribution in [3.8, 4) is 11.3 Å². The van der Waals surface area contributed by atoms with Gasteiger partial charge in [-0.05, 0) is 54.8 Å². The van der Waals surface area contributed by atoms with Gasteiger partial charge in [-0.3, -0.25) is 4.79 Å². The predicted molar refractivity (Wildman–Crippen MR) is 130 cm³/mol. The fraction of sp³-hybridized carbons (Fsp3) is 0.160. The van der Waals surface area contributed by atoms with E-state index in [1.54, 1.807) is 42.7 Å². The van der Waals surface area contributed by atoms with Gasteiger partial charge in [-0.25, -0.2) is 9.97 Å². The molecule has 0 aliphatic carbocycles. The Hall–Kier alpha value is -3.68. The van der Waals surface area contributed by atoms with Crippen molar-refractivity contribution < 1.29 is 9.90 Å². The van der Waals surface area contributed by atoms with Gasteiger partial charge < -0.3 is 20.7 Å². The number of benzene rings is 2. The molecule has 0 saturated heterocycles. The van der Waals surface area contributed by atoms with Crippen LogP contribution in [-0.2, 0) is 0 Å². The topological polar surface area (TPSA) is 103 Å². The third kappa shape index (κ3) is 5.22. The minimum Gasteiger partial charge on any atom is -0.394 e. The minimum atomic E-state index is -0.575. The van der Waals surface area contributed by atoms with Crippen molar-refractivity contribution in [1.82, 2.24) is 20.3 Å². The van der Waals surface area contributed by atoms with E-state index in [1.165, 1.54) is 0 Å². The first-order valence-electron chi connectivity index (χ1n) is 10.5. The lowest BCUT2D eigenvalue weighted by molar-refractivity contribution is 0.0911. The molecule has 0 saturated carbocycles. The standard InChI is InChI=1S/C25H24ClN5O2/c1-15-6-3-4-9-20(15)30-25-28-12-16(2)23(31-25)18-11-21(27-13-18)24(33)29-22(14-32)17-7-5-8-19(26)10-17/h3-13,22,27,32H,14H2,1-2H3,(H,29,33)(H,28,30,31)/t22-/m1/s1. The number of rotatable bonds is 7. The third-order valence-corrected chi connectivity index (χ3v) is 5.54. The highest BCUT2D eigenvalue weighted by atomic mass is 35.5. The van der Waals surface area contributed by atoms with Gasteiger partial charge in [0.1, 0.15) is 5.69 Å². The smallest absolute Gasteiger partial charge is 0.268 e. The molecular formula is C25H24ClN5O2. The van der Waals surface area contributed by atoms with E-state index in [9.17, 15) is 9.90 Å². The first-order valence-corrected chi connectivity index (χ1v) is 10.8. The van der Waals surface area contributed by atoms with Crippen LogP contribution in [0.25, 0.3) is 11.3 Å². The molecule has 0 aliphatic heterocycles. The fourth-order valence-corrected chi connectivity index (χ4v) is 3.68. The minimum absolute atomic E-state index is 0.251. The number of halogens is 1. The second-order valence-electron chi connectivity index (χ2n) is 7.73. The number of aliphatic hydroxyl groups excluding tert-OH is 1. The summed E-state index contributed by atoms with van der Waals surface area (Å²) in [7, 11) is 0. The summed E-state index contributed by atoms with van der Waals surface area (Å²) in [6.07, 6.45) is 3.48. The van der Waals surface area contributed by atoms with Crippen molar-refractivity contribution in [3.63, 3.8) is 0 Å². The quantitative estimate of drug-likeness (QED) is 0.312. The second-order valence-corrected chi connectivity index (χ2v) is 8.17. The van der Waals surface area contributed by atoms with Crippen molar-refractivity contribution in [1.29, 1.82) is 0 Å². The summed E-state index contributed by atoms with van der Waals surface area (Å²) < 4.78 is 0. The molecule has 0 aliphatic rings. The lowest BCUT2D eigenvalue weighted by atomic mass is 10.1. The molecule has 2 aromatic carbocycles.